The Balaban J connectivity index is 2.45. The lowest BCUT2D eigenvalue weighted by Crippen LogP contribution is -2.35. The van der Waals surface area contributed by atoms with Crippen molar-refractivity contribution in [1.82, 2.24) is 4.57 Å². The second kappa shape index (κ2) is 6.16. The summed E-state index contributed by atoms with van der Waals surface area (Å²) in [5.74, 6) is 0.524. The predicted molar refractivity (Wildman–Crippen MR) is 76.4 cm³/mol. The first-order valence-corrected chi connectivity index (χ1v) is 6.73. The molecule has 102 valence electrons. The molecule has 2 aromatic heterocycles. The molecule has 0 aromatic carbocycles. The van der Waals surface area contributed by atoms with Crippen LogP contribution in [0.3, 0.4) is 0 Å². The van der Waals surface area contributed by atoms with Crippen LogP contribution in [0.1, 0.15) is 25.8 Å². The van der Waals surface area contributed by atoms with E-state index in [1.54, 1.807) is 15.3 Å². The average molecular weight is 268 g/mol. The molecule has 2 rings (SSSR count). The summed E-state index contributed by atoms with van der Waals surface area (Å²) in [6.07, 6.45) is 6.34. The molecular formula is C16H18N3O+. The Morgan fingerprint density at radius 2 is 2.00 bits per heavy atom. The molecule has 0 unspecified atom stereocenters. The van der Waals surface area contributed by atoms with Gasteiger partial charge in [0.25, 0.3) is 5.56 Å². The summed E-state index contributed by atoms with van der Waals surface area (Å²) < 4.78 is 3.40. The van der Waals surface area contributed by atoms with Gasteiger partial charge in [0.05, 0.1) is 0 Å². The highest BCUT2D eigenvalue weighted by atomic mass is 16.1. The standard InChI is InChI=1S/C16H18N3O/c1-13(2)6-10-19-11-7-15(14(12-17)16(19)20)18-8-4-3-5-9-18/h3-5,7-9,11,13H,6,10H2,1-2H3/q+1. The zero-order valence-electron chi connectivity index (χ0n) is 11.8. The highest BCUT2D eigenvalue weighted by Crippen LogP contribution is 2.05. The zero-order valence-corrected chi connectivity index (χ0v) is 11.8. The second-order valence-corrected chi connectivity index (χ2v) is 5.15. The van der Waals surface area contributed by atoms with Gasteiger partial charge in [-0.1, -0.05) is 19.9 Å². The Labute approximate surface area is 118 Å². The number of aryl methyl sites for hydroxylation is 1. The molecule has 0 aliphatic rings. The van der Waals surface area contributed by atoms with Gasteiger partial charge >= 0.3 is 0 Å². The summed E-state index contributed by atoms with van der Waals surface area (Å²) in [5, 5.41) is 9.29. The lowest BCUT2D eigenvalue weighted by Gasteiger charge is -2.08. The van der Waals surface area contributed by atoms with Gasteiger partial charge in [-0.3, -0.25) is 4.79 Å². The number of hydrogen-bond donors (Lipinski definition) is 0. The minimum atomic E-state index is -0.220. The molecule has 0 aliphatic heterocycles. The molecule has 0 saturated heterocycles. The lowest BCUT2D eigenvalue weighted by molar-refractivity contribution is -0.596. The molecule has 0 atom stereocenters. The Hall–Kier alpha value is -2.41. The van der Waals surface area contributed by atoms with Crippen molar-refractivity contribution in [2.45, 2.75) is 26.8 Å². The van der Waals surface area contributed by atoms with Gasteiger partial charge in [-0.2, -0.15) is 9.83 Å². The summed E-state index contributed by atoms with van der Waals surface area (Å²) >= 11 is 0. The van der Waals surface area contributed by atoms with E-state index >= 15 is 0 Å². The van der Waals surface area contributed by atoms with Crippen LogP contribution in [0.4, 0.5) is 0 Å². The third kappa shape index (κ3) is 2.94. The molecule has 0 N–H and O–H groups in total. The van der Waals surface area contributed by atoms with Gasteiger partial charge in [0, 0.05) is 30.9 Å². The molecule has 0 radical (unpaired) electrons. The maximum atomic E-state index is 12.3. The number of nitriles is 1. The van der Waals surface area contributed by atoms with Crippen LogP contribution in [0.25, 0.3) is 5.69 Å². The minimum absolute atomic E-state index is 0.187. The molecule has 0 saturated carbocycles. The van der Waals surface area contributed by atoms with Gasteiger partial charge < -0.3 is 4.57 Å². The first kappa shape index (κ1) is 14.0. The van der Waals surface area contributed by atoms with Crippen molar-refractivity contribution in [2.75, 3.05) is 0 Å². The van der Waals surface area contributed by atoms with Crippen LogP contribution in [-0.2, 0) is 6.54 Å². The van der Waals surface area contributed by atoms with Gasteiger partial charge in [-0.15, -0.1) is 0 Å². The van der Waals surface area contributed by atoms with Gasteiger partial charge in [0.2, 0.25) is 5.69 Å². The molecule has 2 heterocycles. The number of aromatic nitrogens is 2. The van der Waals surface area contributed by atoms with Crippen molar-refractivity contribution < 1.29 is 4.57 Å². The fourth-order valence-electron chi connectivity index (χ4n) is 2.02. The fourth-order valence-corrected chi connectivity index (χ4v) is 2.02. The molecule has 0 aliphatic carbocycles. The summed E-state index contributed by atoms with van der Waals surface area (Å²) in [7, 11) is 0. The zero-order chi connectivity index (χ0) is 14.5. The van der Waals surface area contributed by atoms with E-state index in [1.165, 1.54) is 0 Å². The topological polar surface area (TPSA) is 49.7 Å². The first-order valence-electron chi connectivity index (χ1n) is 6.73. The van der Waals surface area contributed by atoms with Crippen LogP contribution in [0, 0.1) is 17.2 Å². The summed E-state index contributed by atoms with van der Waals surface area (Å²) in [6.45, 7) is 4.87. The molecule has 0 fully saturated rings. The Morgan fingerprint density at radius 3 is 2.60 bits per heavy atom. The van der Waals surface area contributed by atoms with Crippen molar-refractivity contribution in [3.8, 4) is 11.8 Å². The lowest BCUT2D eigenvalue weighted by atomic mass is 10.1. The number of rotatable bonds is 4. The van der Waals surface area contributed by atoms with Crippen molar-refractivity contribution in [1.29, 1.82) is 5.26 Å². The normalized spacial score (nSPS) is 10.5. The quantitative estimate of drug-likeness (QED) is 0.797. The fraction of sp³-hybridized carbons (Fsp3) is 0.312. The smallest absolute Gasteiger partial charge is 0.275 e. The Morgan fingerprint density at radius 1 is 1.30 bits per heavy atom. The van der Waals surface area contributed by atoms with E-state index in [2.05, 4.69) is 13.8 Å². The van der Waals surface area contributed by atoms with E-state index in [9.17, 15) is 10.1 Å². The van der Waals surface area contributed by atoms with Crippen molar-refractivity contribution in [3.63, 3.8) is 0 Å². The van der Waals surface area contributed by atoms with Crippen LogP contribution in [0.2, 0.25) is 0 Å². The van der Waals surface area contributed by atoms with Crippen molar-refractivity contribution in [2.24, 2.45) is 5.92 Å². The molecule has 4 heteroatoms. The van der Waals surface area contributed by atoms with E-state index < -0.39 is 0 Å². The van der Waals surface area contributed by atoms with E-state index in [0.717, 1.165) is 6.42 Å². The molecule has 0 bridgehead atoms. The number of hydrogen-bond acceptors (Lipinski definition) is 2. The van der Waals surface area contributed by atoms with Crippen LogP contribution in [0.5, 0.6) is 0 Å². The average Bonchev–Trinajstić information content (AvgIpc) is 2.46. The molecule has 2 aromatic rings. The third-order valence-electron chi connectivity index (χ3n) is 3.20. The SMILES string of the molecule is CC(C)CCn1ccc(-[n+]2ccccc2)c(C#N)c1=O. The number of pyridine rings is 2. The van der Waals surface area contributed by atoms with Crippen LogP contribution < -0.4 is 10.1 Å². The minimum Gasteiger partial charge on any atom is -0.314 e. The largest absolute Gasteiger partial charge is 0.314 e. The van der Waals surface area contributed by atoms with Crippen LogP contribution in [0.15, 0.2) is 47.7 Å². The molecule has 0 amide bonds. The van der Waals surface area contributed by atoms with Gasteiger partial charge in [0.1, 0.15) is 6.07 Å². The molecule has 4 nitrogen and oxygen atoms in total. The summed E-state index contributed by atoms with van der Waals surface area (Å²) in [5.41, 5.74) is 0.591. The Kier molecular flexibility index (Phi) is 4.31. The molecule has 20 heavy (non-hydrogen) atoms. The van der Waals surface area contributed by atoms with E-state index in [-0.39, 0.29) is 11.1 Å². The summed E-state index contributed by atoms with van der Waals surface area (Å²) in [6, 6.07) is 9.48. The van der Waals surface area contributed by atoms with Gasteiger partial charge in [-0.05, 0) is 12.3 Å². The number of nitrogens with zero attached hydrogens (tertiary/aromatic N) is 3. The van der Waals surface area contributed by atoms with Gasteiger partial charge in [-0.25, -0.2) is 0 Å². The van der Waals surface area contributed by atoms with E-state index in [1.807, 2.05) is 42.7 Å². The predicted octanol–water partition coefficient (Wildman–Crippen LogP) is 2.04. The van der Waals surface area contributed by atoms with Gasteiger partial charge in [0.15, 0.2) is 18.0 Å². The van der Waals surface area contributed by atoms with Crippen molar-refractivity contribution in [3.05, 3.63) is 58.8 Å². The Bertz CT molecular complexity index is 681. The maximum Gasteiger partial charge on any atom is 0.275 e. The highest BCUT2D eigenvalue weighted by molar-refractivity contribution is 5.40. The summed E-state index contributed by atoms with van der Waals surface area (Å²) in [4.78, 5) is 12.3. The molecular weight excluding hydrogens is 250 g/mol. The van der Waals surface area contributed by atoms with Crippen LogP contribution >= 0.6 is 0 Å². The molecule has 0 spiro atoms. The maximum absolute atomic E-state index is 12.3. The van der Waals surface area contributed by atoms with E-state index in [0.29, 0.717) is 18.2 Å². The highest BCUT2D eigenvalue weighted by Gasteiger charge is 2.17. The van der Waals surface area contributed by atoms with Crippen LogP contribution in [-0.4, -0.2) is 4.57 Å². The third-order valence-corrected chi connectivity index (χ3v) is 3.20. The monoisotopic (exact) mass is 268 g/mol. The van der Waals surface area contributed by atoms with Crippen molar-refractivity contribution >= 4 is 0 Å². The van der Waals surface area contributed by atoms with E-state index in [4.69, 9.17) is 0 Å². The second-order valence-electron chi connectivity index (χ2n) is 5.15. The first-order chi connectivity index (χ1) is 9.63.